The van der Waals surface area contributed by atoms with Gasteiger partial charge < -0.3 is 8.83 Å². The first kappa shape index (κ1) is 19.2. The molecule has 0 aliphatic heterocycles. The maximum Gasteiger partial charge on any atom is 0.180 e. The van der Waals surface area contributed by atoms with Crippen molar-refractivity contribution in [3.8, 4) is 0 Å². The lowest BCUT2D eigenvalue weighted by atomic mass is 10.6. The van der Waals surface area contributed by atoms with E-state index in [1.165, 1.54) is 12.8 Å². The Morgan fingerprint density at radius 3 is 1.96 bits per heavy atom. The summed E-state index contributed by atoms with van der Waals surface area (Å²) >= 11 is 1.63. The molecule has 0 aliphatic rings. The largest absolute Gasteiger partial charge is 0.452 e. The molecule has 4 heterocycles. The van der Waals surface area contributed by atoms with E-state index in [9.17, 15) is 0 Å². The summed E-state index contributed by atoms with van der Waals surface area (Å²) in [6.45, 7) is 7.59. The number of oxazole rings is 2. The second-order valence-electron chi connectivity index (χ2n) is 4.48. The molecule has 0 atom stereocenters. The molecular formula is C15H20N6O2S. The van der Waals surface area contributed by atoms with Crippen molar-refractivity contribution in [2.24, 2.45) is 0 Å². The third kappa shape index (κ3) is 10.0. The molecule has 8 nitrogen and oxygen atoms in total. The highest BCUT2D eigenvalue weighted by Crippen LogP contribution is 1.95. The first-order chi connectivity index (χ1) is 11.6. The summed E-state index contributed by atoms with van der Waals surface area (Å²) in [5.41, 5.74) is 4.79. The van der Waals surface area contributed by atoms with Gasteiger partial charge >= 0.3 is 0 Å². The number of nitrogens with zero attached hydrogens (tertiary/aromatic N) is 5. The summed E-state index contributed by atoms with van der Waals surface area (Å²) in [4.78, 5) is 11.3. The van der Waals surface area contributed by atoms with Crippen LogP contribution in [0.4, 0.5) is 0 Å². The van der Waals surface area contributed by atoms with Crippen LogP contribution in [0.2, 0.25) is 0 Å². The zero-order chi connectivity index (χ0) is 17.6. The van der Waals surface area contributed by atoms with Crippen molar-refractivity contribution in [1.82, 2.24) is 30.4 Å². The zero-order valence-electron chi connectivity index (χ0n) is 14.0. The van der Waals surface area contributed by atoms with Crippen molar-refractivity contribution in [3.63, 3.8) is 0 Å². The van der Waals surface area contributed by atoms with Crippen LogP contribution >= 0.6 is 11.3 Å². The molecule has 4 aromatic heterocycles. The first-order valence-corrected chi connectivity index (χ1v) is 7.89. The SMILES string of the molecule is Cc1cn[nH]n1.Cc1cnco1.Cc1cocn1.Cc1cscn1. The van der Waals surface area contributed by atoms with Gasteiger partial charge in [-0.1, -0.05) is 0 Å². The summed E-state index contributed by atoms with van der Waals surface area (Å²) in [7, 11) is 0. The lowest BCUT2D eigenvalue weighted by Crippen LogP contribution is -1.66. The quantitative estimate of drug-likeness (QED) is 0.518. The molecule has 4 rings (SSSR count). The first-order valence-electron chi connectivity index (χ1n) is 6.95. The maximum absolute atomic E-state index is 4.72. The van der Waals surface area contributed by atoms with Crippen LogP contribution in [0.1, 0.15) is 22.8 Å². The van der Waals surface area contributed by atoms with Crippen molar-refractivity contribution in [2.75, 3.05) is 0 Å². The number of thiazole rings is 1. The number of nitrogens with one attached hydrogen (secondary N) is 1. The topological polar surface area (TPSA) is 107 Å². The third-order valence-electron chi connectivity index (χ3n) is 2.20. The fraction of sp³-hybridized carbons (Fsp3) is 0.267. The van der Waals surface area contributed by atoms with E-state index in [4.69, 9.17) is 4.42 Å². The van der Waals surface area contributed by atoms with Crippen LogP contribution in [-0.4, -0.2) is 30.4 Å². The fourth-order valence-electron chi connectivity index (χ4n) is 1.08. The van der Waals surface area contributed by atoms with Crippen LogP contribution in [-0.2, 0) is 0 Å². The number of rotatable bonds is 0. The second-order valence-corrected chi connectivity index (χ2v) is 5.20. The van der Waals surface area contributed by atoms with Gasteiger partial charge in [0.2, 0.25) is 0 Å². The van der Waals surface area contributed by atoms with Crippen molar-refractivity contribution in [3.05, 3.63) is 65.2 Å². The molecular weight excluding hydrogens is 328 g/mol. The highest BCUT2D eigenvalue weighted by molar-refractivity contribution is 7.07. The monoisotopic (exact) mass is 348 g/mol. The van der Waals surface area contributed by atoms with Gasteiger partial charge in [-0.2, -0.15) is 15.4 Å². The molecule has 4 aromatic rings. The Morgan fingerprint density at radius 1 is 0.958 bits per heavy atom. The standard InChI is InChI=1S/2C4H5NO.C4H5NS.C3H5N3/c1-4-2-6-3-5-4;1-4-2-5-3-6-4;1-4-2-6-3-5-4;1-3-2-4-6-5-3/h3*2-3H,1H3;2H,1H3,(H,4,5,6). The van der Waals surface area contributed by atoms with Gasteiger partial charge in [0, 0.05) is 11.1 Å². The van der Waals surface area contributed by atoms with Gasteiger partial charge in [0.05, 0.1) is 29.3 Å². The molecule has 128 valence electrons. The third-order valence-corrected chi connectivity index (χ3v) is 2.91. The van der Waals surface area contributed by atoms with Crippen LogP contribution in [0.5, 0.6) is 0 Å². The van der Waals surface area contributed by atoms with Crippen LogP contribution in [0, 0.1) is 27.7 Å². The summed E-state index contributed by atoms with van der Waals surface area (Å²) < 4.78 is 9.33. The Balaban J connectivity index is 0.000000160. The molecule has 9 heteroatoms. The Kier molecular flexibility index (Phi) is 9.39. The molecule has 0 aromatic carbocycles. The predicted octanol–water partition coefficient (Wildman–Crippen LogP) is 3.53. The molecule has 0 bridgehead atoms. The van der Waals surface area contributed by atoms with Crippen molar-refractivity contribution in [1.29, 1.82) is 0 Å². The molecule has 24 heavy (non-hydrogen) atoms. The van der Waals surface area contributed by atoms with E-state index >= 15 is 0 Å². The van der Waals surface area contributed by atoms with Gasteiger partial charge in [-0.05, 0) is 27.7 Å². The lowest BCUT2D eigenvalue weighted by molar-refractivity contribution is 0.527. The zero-order valence-corrected chi connectivity index (χ0v) is 14.8. The van der Waals surface area contributed by atoms with E-state index in [0.717, 1.165) is 22.8 Å². The van der Waals surface area contributed by atoms with Crippen LogP contribution in [0.25, 0.3) is 0 Å². The van der Waals surface area contributed by atoms with Crippen molar-refractivity contribution < 1.29 is 8.83 Å². The normalized spacial score (nSPS) is 8.83. The van der Waals surface area contributed by atoms with Gasteiger partial charge in [-0.3, -0.25) is 4.98 Å². The van der Waals surface area contributed by atoms with Crippen LogP contribution < -0.4 is 0 Å². The Morgan fingerprint density at radius 2 is 1.79 bits per heavy atom. The maximum atomic E-state index is 4.72. The summed E-state index contributed by atoms with van der Waals surface area (Å²) in [6.07, 6.45) is 7.75. The van der Waals surface area contributed by atoms with E-state index in [2.05, 4.69) is 34.8 Å². The minimum atomic E-state index is 0.856. The average Bonchev–Trinajstić information content (AvgIpc) is 3.31. The Labute approximate surface area is 144 Å². The number of aromatic nitrogens is 6. The van der Waals surface area contributed by atoms with E-state index in [1.807, 2.05) is 38.6 Å². The molecule has 1 N–H and O–H groups in total. The fourth-order valence-corrected chi connectivity index (χ4v) is 1.63. The molecule has 0 amide bonds. The number of hydrogen-bond donors (Lipinski definition) is 1. The van der Waals surface area contributed by atoms with Gasteiger partial charge in [-0.15, -0.1) is 11.3 Å². The molecule has 0 unspecified atom stereocenters. The van der Waals surface area contributed by atoms with Gasteiger partial charge in [0.15, 0.2) is 12.8 Å². The van der Waals surface area contributed by atoms with E-state index < -0.39 is 0 Å². The van der Waals surface area contributed by atoms with Crippen LogP contribution in [0.15, 0.2) is 51.2 Å². The van der Waals surface area contributed by atoms with Crippen molar-refractivity contribution in [2.45, 2.75) is 27.7 Å². The minimum absolute atomic E-state index is 0.856. The van der Waals surface area contributed by atoms with Crippen molar-refractivity contribution >= 4 is 11.3 Å². The summed E-state index contributed by atoms with van der Waals surface area (Å²) in [5, 5.41) is 11.7. The van der Waals surface area contributed by atoms with Crippen LogP contribution in [0.3, 0.4) is 0 Å². The lowest BCUT2D eigenvalue weighted by Gasteiger charge is -1.66. The van der Waals surface area contributed by atoms with E-state index in [0.29, 0.717) is 0 Å². The predicted molar refractivity (Wildman–Crippen MR) is 90.5 cm³/mol. The molecule has 0 radical (unpaired) electrons. The molecule has 0 aliphatic carbocycles. The Bertz CT molecular complexity index is 577. The van der Waals surface area contributed by atoms with E-state index in [1.54, 1.807) is 30.0 Å². The number of aryl methyl sites for hydroxylation is 4. The summed E-state index contributed by atoms with van der Waals surface area (Å²) in [6, 6.07) is 0. The molecule has 0 saturated carbocycles. The average molecular weight is 348 g/mol. The number of aromatic amines is 1. The smallest absolute Gasteiger partial charge is 0.180 e. The summed E-state index contributed by atoms with van der Waals surface area (Å²) in [5.74, 6) is 0.856. The Hall–Kier alpha value is -2.81. The number of hydrogen-bond acceptors (Lipinski definition) is 8. The highest BCUT2D eigenvalue weighted by atomic mass is 32.1. The molecule has 0 saturated heterocycles. The number of H-pyrrole nitrogens is 1. The van der Waals surface area contributed by atoms with E-state index in [-0.39, 0.29) is 0 Å². The van der Waals surface area contributed by atoms with Gasteiger partial charge in [0.1, 0.15) is 12.0 Å². The van der Waals surface area contributed by atoms with Gasteiger partial charge in [-0.25, -0.2) is 9.97 Å². The second kappa shape index (κ2) is 11.7. The molecule has 0 fully saturated rings. The highest BCUT2D eigenvalue weighted by Gasteiger charge is 1.78. The molecule has 0 spiro atoms. The minimum Gasteiger partial charge on any atom is -0.452 e. The van der Waals surface area contributed by atoms with Gasteiger partial charge in [0.25, 0.3) is 0 Å².